The highest BCUT2D eigenvalue weighted by Crippen LogP contribution is 2.25. The summed E-state index contributed by atoms with van der Waals surface area (Å²) in [5.41, 5.74) is 2.20. The average molecular weight is 254 g/mol. The van der Waals surface area contributed by atoms with Crippen molar-refractivity contribution in [1.29, 1.82) is 0 Å². The summed E-state index contributed by atoms with van der Waals surface area (Å²) in [7, 11) is 1.95. The molecule has 0 aliphatic heterocycles. The Morgan fingerprint density at radius 3 is 3.14 bits per heavy atom. The van der Waals surface area contributed by atoms with E-state index in [0.29, 0.717) is 0 Å². The van der Waals surface area contributed by atoms with Crippen molar-refractivity contribution in [2.24, 2.45) is 0 Å². The highest BCUT2D eigenvalue weighted by Gasteiger charge is 2.07. The van der Waals surface area contributed by atoms with E-state index in [2.05, 4.69) is 31.4 Å². The van der Waals surface area contributed by atoms with Crippen LogP contribution in [0.5, 0.6) is 0 Å². The van der Waals surface area contributed by atoms with Gasteiger partial charge in [-0.2, -0.15) is 5.10 Å². The van der Waals surface area contributed by atoms with E-state index >= 15 is 0 Å². The van der Waals surface area contributed by atoms with E-state index in [9.17, 15) is 0 Å². The third kappa shape index (κ3) is 1.67. The first-order valence-corrected chi connectivity index (χ1v) is 5.38. The number of hydrogen-bond acceptors (Lipinski definition) is 2. The number of H-pyrrole nitrogens is 1. The molecule has 1 aromatic heterocycles. The SMILES string of the molecule is CNCCc1[nH]nc2cccc(Br)c12. The number of benzene rings is 1. The number of aromatic amines is 1. The van der Waals surface area contributed by atoms with E-state index in [1.165, 1.54) is 11.1 Å². The molecule has 14 heavy (non-hydrogen) atoms. The Bertz CT molecular complexity index is 436. The van der Waals surface area contributed by atoms with Gasteiger partial charge in [-0.05, 0) is 19.2 Å². The average Bonchev–Trinajstić information content (AvgIpc) is 2.59. The van der Waals surface area contributed by atoms with Crippen molar-refractivity contribution >= 4 is 26.8 Å². The second kappa shape index (κ2) is 4.11. The molecule has 4 heteroatoms. The lowest BCUT2D eigenvalue weighted by Gasteiger charge is -1.99. The third-order valence-corrected chi connectivity index (χ3v) is 2.89. The summed E-state index contributed by atoms with van der Waals surface area (Å²) in [6.07, 6.45) is 0.968. The van der Waals surface area contributed by atoms with Gasteiger partial charge in [0.15, 0.2) is 0 Å². The number of hydrogen-bond donors (Lipinski definition) is 2. The van der Waals surface area contributed by atoms with Crippen molar-refractivity contribution in [3.63, 3.8) is 0 Å². The highest BCUT2D eigenvalue weighted by molar-refractivity contribution is 9.10. The maximum absolute atomic E-state index is 4.25. The summed E-state index contributed by atoms with van der Waals surface area (Å²) in [5, 5.41) is 11.6. The minimum atomic E-state index is 0.957. The Morgan fingerprint density at radius 2 is 2.36 bits per heavy atom. The molecule has 0 radical (unpaired) electrons. The Morgan fingerprint density at radius 1 is 1.50 bits per heavy atom. The van der Waals surface area contributed by atoms with E-state index in [1.54, 1.807) is 0 Å². The molecule has 0 saturated heterocycles. The molecule has 0 aliphatic rings. The van der Waals surface area contributed by atoms with Gasteiger partial charge < -0.3 is 5.32 Å². The minimum Gasteiger partial charge on any atom is -0.319 e. The monoisotopic (exact) mass is 253 g/mol. The molecule has 0 unspecified atom stereocenters. The molecule has 1 aromatic carbocycles. The van der Waals surface area contributed by atoms with Crippen LogP contribution in [0.25, 0.3) is 10.9 Å². The van der Waals surface area contributed by atoms with Gasteiger partial charge >= 0.3 is 0 Å². The topological polar surface area (TPSA) is 40.7 Å². The lowest BCUT2D eigenvalue weighted by atomic mass is 10.2. The molecular weight excluding hydrogens is 242 g/mol. The number of fused-ring (bicyclic) bond motifs is 1. The fourth-order valence-electron chi connectivity index (χ4n) is 1.52. The molecule has 0 atom stereocenters. The van der Waals surface area contributed by atoms with Gasteiger partial charge in [0, 0.05) is 28.5 Å². The molecule has 0 aliphatic carbocycles. The van der Waals surface area contributed by atoms with Crippen molar-refractivity contribution < 1.29 is 0 Å². The maximum Gasteiger partial charge on any atom is 0.0935 e. The van der Waals surface area contributed by atoms with Crippen LogP contribution in [0.2, 0.25) is 0 Å². The van der Waals surface area contributed by atoms with Crippen molar-refractivity contribution in [2.45, 2.75) is 6.42 Å². The van der Waals surface area contributed by atoms with Crippen molar-refractivity contribution in [3.8, 4) is 0 Å². The quantitative estimate of drug-likeness (QED) is 0.880. The largest absolute Gasteiger partial charge is 0.319 e. The number of nitrogens with zero attached hydrogens (tertiary/aromatic N) is 1. The van der Waals surface area contributed by atoms with Crippen LogP contribution in [0.1, 0.15) is 5.69 Å². The van der Waals surface area contributed by atoms with E-state index in [-0.39, 0.29) is 0 Å². The summed E-state index contributed by atoms with van der Waals surface area (Å²) in [6.45, 7) is 0.957. The lowest BCUT2D eigenvalue weighted by molar-refractivity contribution is 0.775. The molecule has 2 aromatic rings. The van der Waals surface area contributed by atoms with Crippen LogP contribution in [0.15, 0.2) is 22.7 Å². The predicted molar refractivity (Wildman–Crippen MR) is 61.4 cm³/mol. The summed E-state index contributed by atoms with van der Waals surface area (Å²) in [5.74, 6) is 0. The molecule has 3 nitrogen and oxygen atoms in total. The van der Waals surface area contributed by atoms with E-state index in [1.807, 2.05) is 25.2 Å². The zero-order chi connectivity index (χ0) is 9.97. The Hall–Kier alpha value is -0.870. The molecule has 0 bridgehead atoms. The standard InChI is InChI=1S/C10H12BrN3/c1-12-6-5-9-10-7(11)3-2-4-8(10)13-14-9/h2-4,12H,5-6H2,1H3,(H,13,14). The molecular formula is C10H12BrN3. The Kier molecular flexibility index (Phi) is 2.84. The van der Waals surface area contributed by atoms with E-state index in [0.717, 1.165) is 23.0 Å². The molecule has 1 heterocycles. The van der Waals surface area contributed by atoms with Gasteiger partial charge in [-0.3, -0.25) is 5.10 Å². The Labute approximate surface area is 91.0 Å². The van der Waals surface area contributed by atoms with E-state index < -0.39 is 0 Å². The first-order chi connectivity index (χ1) is 6.83. The van der Waals surface area contributed by atoms with Crippen LogP contribution in [0.3, 0.4) is 0 Å². The third-order valence-electron chi connectivity index (χ3n) is 2.23. The van der Waals surface area contributed by atoms with Crippen molar-refractivity contribution in [1.82, 2.24) is 15.5 Å². The second-order valence-electron chi connectivity index (χ2n) is 3.19. The van der Waals surface area contributed by atoms with Crippen LogP contribution >= 0.6 is 15.9 Å². The minimum absolute atomic E-state index is 0.957. The molecule has 74 valence electrons. The molecule has 0 spiro atoms. The Balaban J connectivity index is 2.45. The second-order valence-corrected chi connectivity index (χ2v) is 4.04. The molecule has 0 fully saturated rings. The van der Waals surface area contributed by atoms with Crippen LogP contribution in [0, 0.1) is 0 Å². The van der Waals surface area contributed by atoms with Crippen LogP contribution in [-0.4, -0.2) is 23.8 Å². The smallest absolute Gasteiger partial charge is 0.0935 e. The fourth-order valence-corrected chi connectivity index (χ4v) is 2.11. The highest BCUT2D eigenvalue weighted by atomic mass is 79.9. The van der Waals surface area contributed by atoms with Gasteiger partial charge in [0.2, 0.25) is 0 Å². The fraction of sp³-hybridized carbons (Fsp3) is 0.300. The summed E-state index contributed by atoms with van der Waals surface area (Å²) < 4.78 is 1.11. The molecule has 2 rings (SSSR count). The van der Waals surface area contributed by atoms with Crippen LogP contribution < -0.4 is 5.32 Å². The molecule has 0 amide bonds. The lowest BCUT2D eigenvalue weighted by Crippen LogP contribution is -2.10. The van der Waals surface area contributed by atoms with Crippen LogP contribution in [0.4, 0.5) is 0 Å². The zero-order valence-corrected chi connectivity index (χ0v) is 9.56. The van der Waals surface area contributed by atoms with Gasteiger partial charge in [-0.25, -0.2) is 0 Å². The summed E-state index contributed by atoms with van der Waals surface area (Å²) >= 11 is 3.54. The van der Waals surface area contributed by atoms with Gasteiger partial charge in [0.05, 0.1) is 5.52 Å². The van der Waals surface area contributed by atoms with Crippen molar-refractivity contribution in [3.05, 3.63) is 28.4 Å². The molecule has 0 saturated carbocycles. The van der Waals surface area contributed by atoms with Gasteiger partial charge in [0.25, 0.3) is 0 Å². The number of aromatic nitrogens is 2. The maximum atomic E-state index is 4.25. The number of likely N-dealkylation sites (N-methyl/N-ethyl adjacent to an activating group) is 1. The normalized spacial score (nSPS) is 11.0. The first kappa shape index (κ1) is 9.68. The van der Waals surface area contributed by atoms with Gasteiger partial charge in [0.1, 0.15) is 0 Å². The van der Waals surface area contributed by atoms with Crippen LogP contribution in [-0.2, 0) is 6.42 Å². The van der Waals surface area contributed by atoms with Gasteiger partial charge in [-0.1, -0.05) is 22.0 Å². The number of nitrogens with one attached hydrogen (secondary N) is 2. The number of halogens is 1. The van der Waals surface area contributed by atoms with E-state index in [4.69, 9.17) is 0 Å². The zero-order valence-electron chi connectivity index (χ0n) is 7.97. The molecule has 2 N–H and O–H groups in total. The predicted octanol–water partition coefficient (Wildman–Crippen LogP) is 2.09. The first-order valence-electron chi connectivity index (χ1n) is 4.59. The summed E-state index contributed by atoms with van der Waals surface area (Å²) in [6, 6.07) is 6.05. The van der Waals surface area contributed by atoms with Gasteiger partial charge in [-0.15, -0.1) is 0 Å². The number of rotatable bonds is 3. The van der Waals surface area contributed by atoms with Crippen molar-refractivity contribution in [2.75, 3.05) is 13.6 Å². The summed E-state index contributed by atoms with van der Waals surface area (Å²) in [4.78, 5) is 0.